The molecule has 0 spiro atoms. The van der Waals surface area contributed by atoms with Crippen LogP contribution < -0.4 is 10.9 Å². The fourth-order valence-electron chi connectivity index (χ4n) is 1.83. The summed E-state index contributed by atoms with van der Waals surface area (Å²) in [5.74, 6) is -0.240. The number of amides is 1. The maximum Gasteiger partial charge on any atom is 0.258 e. The first-order chi connectivity index (χ1) is 9.04. The Hall–Kier alpha value is -2.14. The maximum atomic E-state index is 12.0. The van der Waals surface area contributed by atoms with Crippen LogP contribution in [-0.2, 0) is 16.6 Å². The Kier molecular flexibility index (Phi) is 3.66. The summed E-state index contributed by atoms with van der Waals surface area (Å²) in [4.78, 5) is 23.8. The first kappa shape index (κ1) is 13.3. The number of anilines is 1. The Morgan fingerprint density at radius 3 is 2.74 bits per heavy atom. The number of nitrogens with one attached hydrogen (secondary N) is 1. The molecule has 0 aliphatic rings. The number of nitrogens with zero attached hydrogens (tertiary/aromatic N) is 1. The third kappa shape index (κ3) is 2.51. The molecule has 2 rings (SSSR count). The summed E-state index contributed by atoms with van der Waals surface area (Å²) in [6.07, 6.45) is 1.14. The van der Waals surface area contributed by atoms with Crippen LogP contribution in [0.15, 0.2) is 35.3 Å². The van der Waals surface area contributed by atoms with Crippen LogP contribution in [0.1, 0.15) is 6.92 Å². The number of ether oxygens (including phenoxy) is 1. The number of hydrogen-bond donors (Lipinski definition) is 1. The van der Waals surface area contributed by atoms with Crippen molar-refractivity contribution >= 4 is 22.4 Å². The van der Waals surface area contributed by atoms with Gasteiger partial charge in [-0.25, -0.2) is 0 Å². The van der Waals surface area contributed by atoms with E-state index in [1.54, 1.807) is 38.4 Å². The van der Waals surface area contributed by atoms with Crippen molar-refractivity contribution in [1.29, 1.82) is 0 Å². The molecule has 1 aromatic carbocycles. The zero-order valence-electron chi connectivity index (χ0n) is 11.1. The van der Waals surface area contributed by atoms with Crippen LogP contribution >= 0.6 is 0 Å². The van der Waals surface area contributed by atoms with E-state index >= 15 is 0 Å². The van der Waals surface area contributed by atoms with E-state index in [-0.39, 0.29) is 11.5 Å². The molecule has 0 unspecified atom stereocenters. The predicted molar refractivity (Wildman–Crippen MR) is 74.3 cm³/mol. The van der Waals surface area contributed by atoms with Crippen LogP contribution in [-0.4, -0.2) is 23.7 Å². The van der Waals surface area contributed by atoms with Gasteiger partial charge in [0.2, 0.25) is 0 Å². The summed E-state index contributed by atoms with van der Waals surface area (Å²) >= 11 is 0. The van der Waals surface area contributed by atoms with E-state index in [0.717, 1.165) is 5.39 Å². The number of aryl methyl sites for hydroxylation is 1. The highest BCUT2D eigenvalue weighted by Gasteiger charge is 2.13. The van der Waals surface area contributed by atoms with Gasteiger partial charge in [0, 0.05) is 36.8 Å². The minimum atomic E-state index is -0.540. The number of carbonyl (C=O) groups excluding carboxylic acids is 1. The number of rotatable bonds is 3. The highest BCUT2D eigenvalue weighted by atomic mass is 16.5. The molecule has 1 N–H and O–H groups in total. The minimum Gasteiger partial charge on any atom is -0.372 e. The van der Waals surface area contributed by atoms with Gasteiger partial charge in [-0.1, -0.05) is 6.07 Å². The van der Waals surface area contributed by atoms with Gasteiger partial charge in [-0.05, 0) is 25.1 Å². The number of methoxy groups -OCH3 is 1. The zero-order chi connectivity index (χ0) is 14.0. The quantitative estimate of drug-likeness (QED) is 0.910. The van der Waals surface area contributed by atoms with E-state index in [1.807, 2.05) is 6.07 Å². The molecule has 19 heavy (non-hydrogen) atoms. The van der Waals surface area contributed by atoms with Crippen molar-refractivity contribution in [1.82, 2.24) is 4.57 Å². The van der Waals surface area contributed by atoms with Gasteiger partial charge in [0.15, 0.2) is 0 Å². The molecule has 0 saturated heterocycles. The molecular weight excluding hydrogens is 244 g/mol. The minimum absolute atomic E-state index is 0.0895. The topological polar surface area (TPSA) is 60.3 Å². The Morgan fingerprint density at radius 1 is 1.32 bits per heavy atom. The van der Waals surface area contributed by atoms with E-state index in [1.165, 1.54) is 11.7 Å². The maximum absolute atomic E-state index is 12.0. The molecule has 100 valence electrons. The van der Waals surface area contributed by atoms with Crippen molar-refractivity contribution in [3.05, 3.63) is 40.8 Å². The third-order valence-corrected chi connectivity index (χ3v) is 3.10. The van der Waals surface area contributed by atoms with E-state index < -0.39 is 6.10 Å². The van der Waals surface area contributed by atoms with Crippen LogP contribution in [0.2, 0.25) is 0 Å². The van der Waals surface area contributed by atoms with E-state index in [2.05, 4.69) is 5.32 Å². The van der Waals surface area contributed by atoms with Crippen molar-refractivity contribution in [3.8, 4) is 0 Å². The number of fused-ring (bicyclic) bond motifs is 1. The van der Waals surface area contributed by atoms with Gasteiger partial charge < -0.3 is 14.6 Å². The fourth-order valence-corrected chi connectivity index (χ4v) is 1.83. The fraction of sp³-hybridized carbons (Fsp3) is 0.286. The lowest BCUT2D eigenvalue weighted by Crippen LogP contribution is -2.26. The van der Waals surface area contributed by atoms with E-state index in [9.17, 15) is 9.59 Å². The number of hydrogen-bond acceptors (Lipinski definition) is 3. The molecule has 1 aromatic heterocycles. The largest absolute Gasteiger partial charge is 0.372 e. The van der Waals surface area contributed by atoms with Gasteiger partial charge in [0.1, 0.15) is 6.10 Å². The Bertz CT molecular complexity index is 676. The number of pyridine rings is 1. The summed E-state index contributed by atoms with van der Waals surface area (Å²) in [5, 5.41) is 4.07. The van der Waals surface area contributed by atoms with Gasteiger partial charge in [0.05, 0.1) is 0 Å². The molecule has 0 fully saturated rings. The lowest BCUT2D eigenvalue weighted by molar-refractivity contribution is -0.124. The lowest BCUT2D eigenvalue weighted by atomic mass is 10.1. The molecule has 1 atom stereocenters. The molecule has 0 aliphatic carbocycles. The molecule has 0 saturated carbocycles. The Morgan fingerprint density at radius 2 is 2.05 bits per heavy atom. The van der Waals surface area contributed by atoms with Gasteiger partial charge >= 0.3 is 0 Å². The second kappa shape index (κ2) is 5.24. The average molecular weight is 260 g/mol. The Balaban J connectivity index is 2.48. The van der Waals surface area contributed by atoms with Gasteiger partial charge in [-0.2, -0.15) is 0 Å². The van der Waals surface area contributed by atoms with Crippen molar-refractivity contribution in [2.24, 2.45) is 7.05 Å². The standard InChI is InChI=1S/C14H16N2O3/c1-9(19-3)13(17)15-12-6-4-5-11-10(12)7-8-16(2)14(11)18/h4-9H,1-3H3,(H,15,17)/t9-/m0/s1. The smallest absolute Gasteiger partial charge is 0.258 e. The molecule has 0 aliphatic heterocycles. The molecule has 1 amide bonds. The highest BCUT2D eigenvalue weighted by molar-refractivity contribution is 6.03. The van der Waals surface area contributed by atoms with Crippen LogP contribution in [0, 0.1) is 0 Å². The van der Waals surface area contributed by atoms with Crippen LogP contribution in [0.5, 0.6) is 0 Å². The highest BCUT2D eigenvalue weighted by Crippen LogP contribution is 2.20. The second-order valence-corrected chi connectivity index (χ2v) is 4.37. The van der Waals surface area contributed by atoms with Crippen LogP contribution in [0.3, 0.4) is 0 Å². The molecule has 5 heteroatoms. The predicted octanol–water partition coefficient (Wildman–Crippen LogP) is 1.51. The average Bonchev–Trinajstić information content (AvgIpc) is 2.42. The molecule has 2 aromatic rings. The number of aromatic nitrogens is 1. The first-order valence-electron chi connectivity index (χ1n) is 5.96. The first-order valence-corrected chi connectivity index (χ1v) is 5.96. The summed E-state index contributed by atoms with van der Waals surface area (Å²) in [6.45, 7) is 1.67. The number of carbonyl (C=O) groups is 1. The zero-order valence-corrected chi connectivity index (χ0v) is 11.1. The van der Waals surface area contributed by atoms with E-state index in [0.29, 0.717) is 11.1 Å². The SMILES string of the molecule is CO[C@@H](C)C(=O)Nc1cccc2c(=O)n(C)ccc12. The summed E-state index contributed by atoms with van der Waals surface area (Å²) in [6, 6.07) is 7.07. The molecule has 0 radical (unpaired) electrons. The third-order valence-electron chi connectivity index (χ3n) is 3.10. The van der Waals surface area contributed by atoms with Crippen molar-refractivity contribution in [3.63, 3.8) is 0 Å². The van der Waals surface area contributed by atoms with Crippen LogP contribution in [0.25, 0.3) is 10.8 Å². The van der Waals surface area contributed by atoms with Crippen molar-refractivity contribution < 1.29 is 9.53 Å². The van der Waals surface area contributed by atoms with Gasteiger partial charge in [-0.15, -0.1) is 0 Å². The Labute approximate surface area is 110 Å². The molecular formula is C14H16N2O3. The molecule has 1 heterocycles. The summed E-state index contributed by atoms with van der Waals surface area (Å²) < 4.78 is 6.47. The van der Waals surface area contributed by atoms with Crippen molar-refractivity contribution in [2.45, 2.75) is 13.0 Å². The van der Waals surface area contributed by atoms with Gasteiger partial charge in [-0.3, -0.25) is 9.59 Å². The lowest BCUT2D eigenvalue weighted by Gasteiger charge is -2.12. The summed E-state index contributed by atoms with van der Waals surface area (Å²) in [7, 11) is 3.17. The monoisotopic (exact) mass is 260 g/mol. The van der Waals surface area contributed by atoms with Gasteiger partial charge in [0.25, 0.3) is 11.5 Å². The number of benzene rings is 1. The summed E-state index contributed by atoms with van der Waals surface area (Å²) in [5.41, 5.74) is 0.525. The second-order valence-electron chi connectivity index (χ2n) is 4.37. The van der Waals surface area contributed by atoms with Crippen LogP contribution in [0.4, 0.5) is 5.69 Å². The van der Waals surface area contributed by atoms with Crippen molar-refractivity contribution in [2.75, 3.05) is 12.4 Å². The molecule has 0 bridgehead atoms. The normalized spacial score (nSPS) is 12.4. The molecule has 5 nitrogen and oxygen atoms in total. The van der Waals surface area contributed by atoms with E-state index in [4.69, 9.17) is 4.74 Å².